The molecule has 1 aromatic rings. The van der Waals surface area contributed by atoms with Crippen LogP contribution in [0.25, 0.3) is 0 Å². The molecule has 1 aliphatic carbocycles. The van der Waals surface area contributed by atoms with Crippen molar-refractivity contribution in [2.75, 3.05) is 7.11 Å². The van der Waals surface area contributed by atoms with Crippen LogP contribution in [0.2, 0.25) is 0 Å². The molecule has 27 heavy (non-hydrogen) atoms. The molecule has 0 spiro atoms. The van der Waals surface area contributed by atoms with E-state index in [1.807, 2.05) is 0 Å². The molecule has 2 rings (SSSR count). The minimum Gasteiger partial charge on any atom is -0.415 e. The number of hydrogen-bond acceptors (Lipinski definition) is 5. The van der Waals surface area contributed by atoms with Gasteiger partial charge in [-0.25, -0.2) is 4.98 Å². The van der Waals surface area contributed by atoms with Gasteiger partial charge in [0.05, 0.1) is 17.9 Å². The Bertz CT molecular complexity index is 688. The molecule has 0 amide bonds. The number of ketones is 1. The number of rotatable bonds is 9. The summed E-state index contributed by atoms with van der Waals surface area (Å²) in [6.45, 7) is 8.35. The van der Waals surface area contributed by atoms with E-state index in [-0.39, 0.29) is 29.9 Å². The highest BCUT2D eigenvalue weighted by molar-refractivity contribution is 5.92. The Balaban J connectivity index is 1.93. The second-order valence-corrected chi connectivity index (χ2v) is 8.59. The van der Waals surface area contributed by atoms with E-state index in [2.05, 4.69) is 25.8 Å². The Kier molecular flexibility index (Phi) is 6.87. The molecule has 0 aromatic carbocycles. The van der Waals surface area contributed by atoms with Crippen LogP contribution in [-0.4, -0.2) is 44.5 Å². The Hall–Kier alpha value is -1.66. The summed E-state index contributed by atoms with van der Waals surface area (Å²) in [5.41, 5.74) is 1.73. The van der Waals surface area contributed by atoms with Gasteiger partial charge in [-0.3, -0.25) is 4.79 Å². The van der Waals surface area contributed by atoms with Crippen molar-refractivity contribution >= 4 is 5.78 Å². The average Bonchev–Trinajstić information content (AvgIpc) is 3.07. The van der Waals surface area contributed by atoms with E-state index in [0.717, 1.165) is 19.3 Å². The number of hydrogen-bond donors (Lipinski definition) is 2. The van der Waals surface area contributed by atoms with Gasteiger partial charge in [0, 0.05) is 12.6 Å². The first kappa shape index (κ1) is 21.6. The minimum absolute atomic E-state index is 0.102. The minimum atomic E-state index is -1.24. The highest BCUT2D eigenvalue weighted by Crippen LogP contribution is 2.43. The molecule has 0 fully saturated rings. The van der Waals surface area contributed by atoms with Crippen LogP contribution in [0.1, 0.15) is 83.3 Å². The fourth-order valence-electron chi connectivity index (χ4n) is 4.10. The Labute approximate surface area is 162 Å². The maximum atomic E-state index is 12.3. The van der Waals surface area contributed by atoms with Gasteiger partial charge in [-0.15, -0.1) is 0 Å². The van der Waals surface area contributed by atoms with Gasteiger partial charge in [0.2, 0.25) is 11.6 Å². The largest absolute Gasteiger partial charge is 0.415 e. The summed E-state index contributed by atoms with van der Waals surface area (Å²) >= 11 is 0. The molecule has 1 aliphatic rings. The fraction of sp³-hybridized carbons (Fsp3) is 0.714. The smallest absolute Gasteiger partial charge is 0.211 e. The SMILES string of the molecule is COn1ccnc1C(=O)CCC(O)C(C)(O)CCC1=C(C)CCCC1(C)C. The summed E-state index contributed by atoms with van der Waals surface area (Å²) in [4.78, 5) is 21.3. The van der Waals surface area contributed by atoms with E-state index in [4.69, 9.17) is 4.84 Å². The van der Waals surface area contributed by atoms with Crippen LogP contribution in [0.15, 0.2) is 23.5 Å². The number of aliphatic hydroxyl groups is 2. The molecule has 2 unspecified atom stereocenters. The molecule has 0 saturated heterocycles. The summed E-state index contributed by atoms with van der Waals surface area (Å²) in [6.07, 6.45) is 7.09. The van der Waals surface area contributed by atoms with Gasteiger partial charge in [0.15, 0.2) is 0 Å². The zero-order chi connectivity index (χ0) is 20.2. The summed E-state index contributed by atoms with van der Waals surface area (Å²) in [5.74, 6) is -0.0160. The van der Waals surface area contributed by atoms with Crippen molar-refractivity contribution in [3.63, 3.8) is 0 Å². The Morgan fingerprint density at radius 1 is 1.48 bits per heavy atom. The van der Waals surface area contributed by atoms with Crippen molar-refractivity contribution in [2.24, 2.45) is 5.41 Å². The number of aromatic nitrogens is 2. The third-order valence-electron chi connectivity index (χ3n) is 5.98. The highest BCUT2D eigenvalue weighted by Gasteiger charge is 2.34. The first-order chi connectivity index (χ1) is 12.6. The predicted octanol–water partition coefficient (Wildman–Crippen LogP) is 3.32. The first-order valence-corrected chi connectivity index (χ1v) is 9.79. The Morgan fingerprint density at radius 3 is 2.81 bits per heavy atom. The summed E-state index contributed by atoms with van der Waals surface area (Å²) in [6, 6.07) is 0. The maximum absolute atomic E-state index is 12.3. The van der Waals surface area contributed by atoms with Gasteiger partial charge in [0.1, 0.15) is 7.11 Å². The van der Waals surface area contributed by atoms with Crippen molar-refractivity contribution in [1.82, 2.24) is 9.71 Å². The third-order valence-corrected chi connectivity index (χ3v) is 5.98. The van der Waals surface area contributed by atoms with Crippen LogP contribution < -0.4 is 4.84 Å². The van der Waals surface area contributed by atoms with Crippen LogP contribution in [0.3, 0.4) is 0 Å². The molecule has 1 aromatic heterocycles. The molecule has 6 heteroatoms. The molecule has 6 nitrogen and oxygen atoms in total. The van der Waals surface area contributed by atoms with Crippen LogP contribution in [-0.2, 0) is 0 Å². The number of Topliss-reactive ketones (excluding diaryl/α,β-unsaturated/α-hetero) is 1. The predicted molar refractivity (Wildman–Crippen MR) is 104 cm³/mol. The van der Waals surface area contributed by atoms with Crippen LogP contribution in [0.4, 0.5) is 0 Å². The van der Waals surface area contributed by atoms with Gasteiger partial charge in [0.25, 0.3) is 0 Å². The number of carbonyl (C=O) groups excluding carboxylic acids is 1. The van der Waals surface area contributed by atoms with Crippen LogP contribution in [0.5, 0.6) is 0 Å². The van der Waals surface area contributed by atoms with Crippen molar-refractivity contribution in [1.29, 1.82) is 0 Å². The Morgan fingerprint density at radius 2 is 2.19 bits per heavy atom. The van der Waals surface area contributed by atoms with Crippen molar-refractivity contribution < 1.29 is 19.8 Å². The van der Waals surface area contributed by atoms with Gasteiger partial charge >= 0.3 is 0 Å². The molecule has 0 aliphatic heterocycles. The van der Waals surface area contributed by atoms with Crippen molar-refractivity contribution in [3.8, 4) is 0 Å². The van der Waals surface area contributed by atoms with E-state index in [9.17, 15) is 15.0 Å². The number of allylic oxidation sites excluding steroid dienone is 2. The van der Waals surface area contributed by atoms with Gasteiger partial charge < -0.3 is 15.1 Å². The lowest BCUT2D eigenvalue weighted by atomic mass is 9.70. The van der Waals surface area contributed by atoms with Crippen LogP contribution >= 0.6 is 0 Å². The lowest BCUT2D eigenvalue weighted by Gasteiger charge is -2.37. The number of carbonyl (C=O) groups is 1. The molecule has 2 N–H and O–H groups in total. The number of nitrogens with zero attached hydrogens (tertiary/aromatic N) is 2. The van der Waals surface area contributed by atoms with E-state index in [1.54, 1.807) is 13.1 Å². The molecular weight excluding hydrogens is 344 g/mol. The second-order valence-electron chi connectivity index (χ2n) is 8.59. The molecule has 152 valence electrons. The molecule has 0 radical (unpaired) electrons. The van der Waals surface area contributed by atoms with Crippen molar-refractivity contribution in [3.05, 3.63) is 29.4 Å². The lowest BCUT2D eigenvalue weighted by molar-refractivity contribution is -0.0701. The molecule has 0 bridgehead atoms. The lowest BCUT2D eigenvalue weighted by Crippen LogP contribution is -2.40. The number of aliphatic hydroxyl groups excluding tert-OH is 1. The van der Waals surface area contributed by atoms with Gasteiger partial charge in [-0.2, -0.15) is 4.73 Å². The molecule has 1 heterocycles. The normalized spacial score (nSPS) is 20.3. The standard InChI is InChI=1S/C21H34N2O4/c1-15-7-6-11-20(2,3)16(15)10-12-21(4,26)18(25)9-8-17(24)19-22-13-14-23(19)27-5/h13-14,18,25-26H,6-12H2,1-5H3. The van der Waals surface area contributed by atoms with Crippen molar-refractivity contribution in [2.45, 2.75) is 84.3 Å². The van der Waals surface area contributed by atoms with E-state index >= 15 is 0 Å². The quantitative estimate of drug-likeness (QED) is 0.509. The average molecular weight is 379 g/mol. The van der Waals surface area contributed by atoms with Gasteiger partial charge in [-0.1, -0.05) is 25.0 Å². The fourth-order valence-corrected chi connectivity index (χ4v) is 4.10. The number of imidazole rings is 1. The second kappa shape index (κ2) is 8.57. The monoisotopic (exact) mass is 378 g/mol. The molecule has 2 atom stereocenters. The van der Waals surface area contributed by atoms with E-state index in [1.165, 1.54) is 35.6 Å². The topological polar surface area (TPSA) is 84.6 Å². The molecular formula is C21H34N2O4. The zero-order valence-corrected chi connectivity index (χ0v) is 17.3. The maximum Gasteiger partial charge on any atom is 0.211 e. The zero-order valence-electron chi connectivity index (χ0n) is 17.3. The molecule has 0 saturated carbocycles. The van der Waals surface area contributed by atoms with Gasteiger partial charge in [-0.05, 0) is 57.8 Å². The first-order valence-electron chi connectivity index (χ1n) is 9.79. The summed E-state index contributed by atoms with van der Waals surface area (Å²) in [7, 11) is 1.46. The highest BCUT2D eigenvalue weighted by atomic mass is 16.6. The summed E-state index contributed by atoms with van der Waals surface area (Å²) in [5, 5.41) is 21.3. The summed E-state index contributed by atoms with van der Waals surface area (Å²) < 4.78 is 1.30. The van der Waals surface area contributed by atoms with E-state index in [0.29, 0.717) is 6.42 Å². The van der Waals surface area contributed by atoms with Crippen LogP contribution in [0, 0.1) is 5.41 Å². The third kappa shape index (κ3) is 5.20. The van der Waals surface area contributed by atoms with E-state index < -0.39 is 11.7 Å².